The molecule has 0 heterocycles. The van der Waals surface area contributed by atoms with Gasteiger partial charge in [0.1, 0.15) is 0 Å². The van der Waals surface area contributed by atoms with Crippen LogP contribution in [0.1, 0.15) is 27.7 Å². The fourth-order valence-corrected chi connectivity index (χ4v) is 1.34. The van der Waals surface area contributed by atoms with Gasteiger partial charge >= 0.3 is 9.05 Å². The van der Waals surface area contributed by atoms with Gasteiger partial charge < -0.3 is 35.7 Å². The number of carbonyl (C=O) groups excluding carboxylic acids is 2. The summed E-state index contributed by atoms with van der Waals surface area (Å²) < 4.78 is 13.5. The molecule has 0 aliphatic heterocycles. The van der Waals surface area contributed by atoms with Crippen LogP contribution in [0.2, 0.25) is 0 Å². The second kappa shape index (κ2) is 20.2. The van der Waals surface area contributed by atoms with Gasteiger partial charge in [-0.25, -0.2) is 0 Å². The van der Waals surface area contributed by atoms with Crippen molar-refractivity contribution in [1.82, 2.24) is 0 Å². The number of ketones is 2. The van der Waals surface area contributed by atoms with E-state index in [-0.39, 0.29) is 52.2 Å². The third-order valence-corrected chi connectivity index (χ3v) is 3.15. The summed E-state index contributed by atoms with van der Waals surface area (Å²) in [7, 11) is 0.826. The van der Waals surface area contributed by atoms with Crippen molar-refractivity contribution in [1.29, 1.82) is 0 Å². The topological polar surface area (TPSA) is 123 Å². The molecule has 0 unspecified atom stereocenters. The van der Waals surface area contributed by atoms with E-state index in [4.69, 9.17) is 15.0 Å². The van der Waals surface area contributed by atoms with E-state index >= 15 is 0 Å². The number of hydrogen-bond acceptors (Lipinski definition) is 8. The van der Waals surface area contributed by atoms with Crippen molar-refractivity contribution < 1.29 is 59.6 Å². The van der Waals surface area contributed by atoms with Gasteiger partial charge in [0.15, 0.2) is 11.6 Å². The molecule has 0 aliphatic carbocycles. The molecular weight excluding hydrogens is 372 g/mol. The van der Waals surface area contributed by atoms with Crippen LogP contribution in [0.4, 0.5) is 0 Å². The SMILES string of the molecule is CC(=O)C=C(C)O.CC(=O)C=C(C)O.CO[Si](O)(OC)OC.[CH3-].[Ti]. The van der Waals surface area contributed by atoms with Crippen LogP contribution in [0.3, 0.4) is 0 Å². The van der Waals surface area contributed by atoms with Crippen LogP contribution in [0.15, 0.2) is 23.7 Å². The molecule has 0 spiro atoms. The quantitative estimate of drug-likeness (QED) is 0.276. The molecule has 0 atom stereocenters. The number of aliphatic hydroxyl groups excluding tert-OH is 2. The van der Waals surface area contributed by atoms with E-state index in [1.54, 1.807) is 0 Å². The number of allylic oxidation sites excluding steroid dienone is 4. The zero-order valence-corrected chi connectivity index (χ0v) is 18.1. The molecule has 0 saturated carbocycles. The molecule has 0 aromatic heterocycles. The Hall–Kier alpha value is -0.809. The smallest absolute Gasteiger partial charge is 0.512 e. The van der Waals surface area contributed by atoms with E-state index in [0.717, 1.165) is 0 Å². The molecule has 0 saturated heterocycles. The molecule has 24 heavy (non-hydrogen) atoms. The zero-order chi connectivity index (χ0) is 18.3. The molecule has 0 aromatic carbocycles. The number of rotatable bonds is 5. The average Bonchev–Trinajstić information content (AvgIpc) is 2.36. The molecule has 0 amide bonds. The average molecular weight is 401 g/mol. The summed E-state index contributed by atoms with van der Waals surface area (Å²) in [6.45, 7) is 5.70. The van der Waals surface area contributed by atoms with Crippen LogP contribution in [0, 0.1) is 7.43 Å². The maximum atomic E-state index is 10.0. The molecule has 0 fully saturated rings. The van der Waals surface area contributed by atoms with Crippen molar-refractivity contribution in [2.24, 2.45) is 0 Å². The second-order valence-corrected chi connectivity index (χ2v) is 6.20. The molecule has 3 N–H and O–H groups in total. The fourth-order valence-electron chi connectivity index (χ4n) is 0.838. The molecule has 0 radical (unpaired) electrons. The van der Waals surface area contributed by atoms with Gasteiger partial charge in [-0.05, 0) is 27.7 Å². The summed E-state index contributed by atoms with van der Waals surface area (Å²) in [5, 5.41) is 16.7. The Morgan fingerprint density at radius 3 is 1.00 bits per heavy atom. The summed E-state index contributed by atoms with van der Waals surface area (Å²) in [5.41, 5.74) is 0. The van der Waals surface area contributed by atoms with Gasteiger partial charge in [-0.15, -0.1) is 0 Å². The van der Waals surface area contributed by atoms with Crippen molar-refractivity contribution in [2.75, 3.05) is 21.3 Å². The molecule has 142 valence electrons. The predicted molar refractivity (Wildman–Crippen MR) is 89.5 cm³/mol. The number of carbonyl (C=O) groups is 2. The first-order valence-corrected chi connectivity index (χ1v) is 7.74. The molecule has 10 heteroatoms. The standard InChI is InChI=1S/2C5H8O2.C3H10O4Si.CH3.Ti/c2*1-4(6)3-5(2)7;1-5-8(4,6-2)7-3;;/h2*3,6H,1-2H3;4H,1-3H3;1H3;/q;;;-1;. The van der Waals surface area contributed by atoms with Gasteiger partial charge in [0.05, 0.1) is 11.5 Å². The van der Waals surface area contributed by atoms with Gasteiger partial charge in [-0.1, -0.05) is 0 Å². The van der Waals surface area contributed by atoms with Gasteiger partial charge in [0.25, 0.3) is 0 Å². The minimum Gasteiger partial charge on any atom is -0.512 e. The summed E-state index contributed by atoms with van der Waals surface area (Å²) in [5.74, 6) is -0.125. The minimum absolute atomic E-state index is 0. The van der Waals surface area contributed by atoms with Crippen LogP contribution in [-0.4, -0.2) is 57.0 Å². The first-order valence-electron chi connectivity index (χ1n) is 6.07. The molecule has 0 aromatic rings. The van der Waals surface area contributed by atoms with Crippen LogP contribution in [-0.2, 0) is 44.6 Å². The predicted octanol–water partition coefficient (Wildman–Crippen LogP) is 1.88. The first-order chi connectivity index (χ1) is 9.93. The van der Waals surface area contributed by atoms with Crippen molar-refractivity contribution in [3.63, 3.8) is 0 Å². The maximum absolute atomic E-state index is 10.0. The van der Waals surface area contributed by atoms with Crippen LogP contribution >= 0.6 is 0 Å². The Labute approximate surface area is 160 Å². The van der Waals surface area contributed by atoms with Gasteiger partial charge in [-0.2, -0.15) is 0 Å². The molecule has 0 bridgehead atoms. The Morgan fingerprint density at radius 1 is 0.792 bits per heavy atom. The first kappa shape index (κ1) is 34.5. The Kier molecular flexibility index (Phi) is 29.1. The van der Waals surface area contributed by atoms with Crippen LogP contribution in [0.5, 0.6) is 0 Å². The van der Waals surface area contributed by atoms with E-state index < -0.39 is 9.05 Å². The third-order valence-electron chi connectivity index (χ3n) is 1.60. The number of hydrogen-bond donors (Lipinski definition) is 3. The summed E-state index contributed by atoms with van der Waals surface area (Å²) in [6, 6.07) is 0. The Morgan fingerprint density at radius 2 is 1.00 bits per heavy atom. The molecule has 8 nitrogen and oxygen atoms in total. The molecule has 0 aliphatic rings. The van der Waals surface area contributed by atoms with Gasteiger partial charge in [-0.3, -0.25) is 9.59 Å². The van der Waals surface area contributed by atoms with E-state index in [2.05, 4.69) is 13.3 Å². The van der Waals surface area contributed by atoms with E-state index in [0.29, 0.717) is 0 Å². The van der Waals surface area contributed by atoms with E-state index in [1.807, 2.05) is 0 Å². The molecular formula is C14H29O8SiTi-. The van der Waals surface area contributed by atoms with Crippen molar-refractivity contribution in [2.45, 2.75) is 27.7 Å². The largest absolute Gasteiger partial charge is 0.676 e. The second-order valence-electron chi connectivity index (χ2n) is 3.93. The van der Waals surface area contributed by atoms with Crippen LogP contribution in [0.25, 0.3) is 0 Å². The Balaban J connectivity index is -0.0000000724. The number of aliphatic hydroxyl groups is 2. The monoisotopic (exact) mass is 401 g/mol. The van der Waals surface area contributed by atoms with Crippen molar-refractivity contribution >= 4 is 20.6 Å². The maximum Gasteiger partial charge on any atom is 0.676 e. The van der Waals surface area contributed by atoms with E-state index in [1.165, 1.54) is 61.2 Å². The van der Waals surface area contributed by atoms with E-state index in [9.17, 15) is 9.59 Å². The van der Waals surface area contributed by atoms with Gasteiger partial charge in [0, 0.05) is 55.2 Å². The summed E-state index contributed by atoms with van der Waals surface area (Å²) in [6.07, 6.45) is 2.33. The van der Waals surface area contributed by atoms with Crippen molar-refractivity contribution in [3.8, 4) is 0 Å². The summed E-state index contributed by atoms with van der Waals surface area (Å²) >= 11 is 0. The zero-order valence-electron chi connectivity index (χ0n) is 15.5. The fraction of sp³-hybridized carbons (Fsp3) is 0.500. The normalized spacial score (nSPS) is 10.7. The van der Waals surface area contributed by atoms with Crippen molar-refractivity contribution in [3.05, 3.63) is 31.1 Å². The third kappa shape index (κ3) is 33.0. The Bertz CT molecular complexity index is 348. The van der Waals surface area contributed by atoms with Gasteiger partial charge in [0.2, 0.25) is 0 Å². The summed E-state index contributed by atoms with van der Waals surface area (Å²) in [4.78, 5) is 28.9. The minimum atomic E-state index is -3.17. The van der Waals surface area contributed by atoms with Crippen LogP contribution < -0.4 is 0 Å². The molecule has 0 rings (SSSR count).